The summed E-state index contributed by atoms with van der Waals surface area (Å²) in [6.07, 6.45) is 1.17. The van der Waals surface area contributed by atoms with Gasteiger partial charge < -0.3 is 19.3 Å². The zero-order valence-corrected chi connectivity index (χ0v) is 14.5. The van der Waals surface area contributed by atoms with Crippen LogP contribution in [0.15, 0.2) is 23.8 Å². The Hall–Kier alpha value is -2.41. The number of hydrogen-bond acceptors (Lipinski definition) is 6. The predicted octanol–water partition coefficient (Wildman–Crippen LogP) is 1.80. The molecule has 0 atom stereocenters. The molecular formula is C18H21FN2O4. The van der Waals surface area contributed by atoms with E-state index in [1.807, 2.05) is 0 Å². The number of benzene rings is 1. The lowest BCUT2D eigenvalue weighted by Crippen LogP contribution is -2.44. The van der Waals surface area contributed by atoms with Crippen molar-refractivity contribution in [2.45, 2.75) is 19.6 Å². The summed E-state index contributed by atoms with van der Waals surface area (Å²) in [5.41, 5.74) is 0.606. The third-order valence-corrected chi connectivity index (χ3v) is 4.27. The average molecular weight is 348 g/mol. The Kier molecular flexibility index (Phi) is 4.51. The fourth-order valence-electron chi connectivity index (χ4n) is 2.83. The maximum Gasteiger partial charge on any atom is 0.348 e. The first kappa shape index (κ1) is 17.4. The largest absolute Gasteiger partial charge is 0.419 e. The SMILES string of the molecule is CN1CCN(c2ccc(C=C3C(=O)OC(C)(C)OC3=O)c(F)c2)CC1. The number of carbonyl (C=O) groups is 2. The number of esters is 2. The highest BCUT2D eigenvalue weighted by molar-refractivity contribution is 6.18. The van der Waals surface area contributed by atoms with Crippen molar-refractivity contribution in [3.63, 3.8) is 0 Å². The van der Waals surface area contributed by atoms with Gasteiger partial charge in [-0.2, -0.15) is 0 Å². The van der Waals surface area contributed by atoms with Crippen molar-refractivity contribution in [2.75, 3.05) is 38.1 Å². The van der Waals surface area contributed by atoms with E-state index in [0.717, 1.165) is 31.9 Å². The summed E-state index contributed by atoms with van der Waals surface area (Å²) < 4.78 is 24.5. The topological polar surface area (TPSA) is 59.1 Å². The van der Waals surface area contributed by atoms with Gasteiger partial charge in [0.15, 0.2) is 0 Å². The molecule has 0 amide bonds. The van der Waals surface area contributed by atoms with Crippen molar-refractivity contribution < 1.29 is 23.5 Å². The summed E-state index contributed by atoms with van der Waals surface area (Å²) in [4.78, 5) is 28.2. The van der Waals surface area contributed by atoms with Gasteiger partial charge in [-0.15, -0.1) is 0 Å². The number of hydrogen-bond donors (Lipinski definition) is 0. The maximum atomic E-state index is 14.5. The van der Waals surface area contributed by atoms with Crippen molar-refractivity contribution in [1.29, 1.82) is 0 Å². The minimum absolute atomic E-state index is 0.140. The number of rotatable bonds is 2. The van der Waals surface area contributed by atoms with Gasteiger partial charge in [-0.3, -0.25) is 0 Å². The molecule has 0 unspecified atom stereocenters. The Morgan fingerprint density at radius 1 is 1.08 bits per heavy atom. The molecule has 0 saturated carbocycles. The van der Waals surface area contributed by atoms with Crippen LogP contribution < -0.4 is 4.90 Å². The number of likely N-dealkylation sites (N-methyl/N-ethyl adjacent to an activating group) is 1. The molecule has 0 N–H and O–H groups in total. The molecule has 7 heteroatoms. The quantitative estimate of drug-likeness (QED) is 0.461. The Labute approximate surface area is 145 Å². The molecule has 1 aromatic carbocycles. The Bertz CT molecular complexity index is 715. The van der Waals surface area contributed by atoms with Crippen LogP contribution >= 0.6 is 0 Å². The van der Waals surface area contributed by atoms with Gasteiger partial charge in [0.05, 0.1) is 0 Å². The lowest BCUT2D eigenvalue weighted by Gasteiger charge is -2.34. The Morgan fingerprint density at radius 2 is 1.68 bits per heavy atom. The second-order valence-electron chi connectivity index (χ2n) is 6.73. The maximum absolute atomic E-state index is 14.5. The first-order valence-electron chi connectivity index (χ1n) is 8.16. The van der Waals surface area contributed by atoms with Gasteiger partial charge in [-0.1, -0.05) is 0 Å². The van der Waals surface area contributed by atoms with E-state index in [4.69, 9.17) is 9.47 Å². The van der Waals surface area contributed by atoms with Crippen LogP contribution in [0.25, 0.3) is 6.08 Å². The number of ether oxygens (including phenoxy) is 2. The third-order valence-electron chi connectivity index (χ3n) is 4.27. The molecule has 3 rings (SSSR count). The van der Waals surface area contributed by atoms with E-state index in [0.29, 0.717) is 0 Å². The monoisotopic (exact) mass is 348 g/mol. The van der Waals surface area contributed by atoms with Crippen molar-refractivity contribution in [3.8, 4) is 0 Å². The lowest BCUT2D eigenvalue weighted by molar-refractivity contribution is -0.222. The highest BCUT2D eigenvalue weighted by Crippen LogP contribution is 2.26. The first-order chi connectivity index (χ1) is 11.7. The predicted molar refractivity (Wildman–Crippen MR) is 90.4 cm³/mol. The number of piperazine rings is 1. The molecule has 0 aromatic heterocycles. The smallest absolute Gasteiger partial charge is 0.348 e. The van der Waals surface area contributed by atoms with Crippen LogP contribution in [0.2, 0.25) is 0 Å². The summed E-state index contributed by atoms with van der Waals surface area (Å²) in [5.74, 6) is -3.45. The highest BCUT2D eigenvalue weighted by atomic mass is 19.1. The van der Waals surface area contributed by atoms with Gasteiger partial charge in [-0.25, -0.2) is 14.0 Å². The van der Waals surface area contributed by atoms with Gasteiger partial charge >= 0.3 is 11.9 Å². The van der Waals surface area contributed by atoms with Gasteiger partial charge in [0.1, 0.15) is 11.4 Å². The molecule has 6 nitrogen and oxygen atoms in total. The summed E-state index contributed by atoms with van der Waals surface area (Å²) in [7, 11) is 2.05. The number of carbonyl (C=O) groups excluding carboxylic acids is 2. The van der Waals surface area contributed by atoms with Crippen LogP contribution in [0.3, 0.4) is 0 Å². The van der Waals surface area contributed by atoms with Crippen LogP contribution in [0, 0.1) is 5.82 Å². The molecule has 2 aliphatic rings. The normalized spacial score (nSPS) is 21.0. The van der Waals surface area contributed by atoms with E-state index in [1.54, 1.807) is 12.1 Å². The van der Waals surface area contributed by atoms with Crippen LogP contribution in [-0.4, -0.2) is 55.9 Å². The average Bonchev–Trinajstić information content (AvgIpc) is 2.52. The van der Waals surface area contributed by atoms with E-state index < -0.39 is 23.5 Å². The molecule has 1 aromatic rings. The van der Waals surface area contributed by atoms with E-state index in [-0.39, 0.29) is 11.1 Å². The third kappa shape index (κ3) is 3.82. The van der Waals surface area contributed by atoms with Gasteiger partial charge in [-0.05, 0) is 31.3 Å². The molecule has 0 bridgehead atoms. The lowest BCUT2D eigenvalue weighted by atomic mass is 10.1. The minimum atomic E-state index is -1.31. The molecule has 25 heavy (non-hydrogen) atoms. The van der Waals surface area contributed by atoms with Gasteiger partial charge in [0, 0.05) is 51.3 Å². The van der Waals surface area contributed by atoms with Crippen LogP contribution in [0.1, 0.15) is 19.4 Å². The van der Waals surface area contributed by atoms with E-state index >= 15 is 0 Å². The van der Waals surface area contributed by atoms with Crippen LogP contribution in [0.5, 0.6) is 0 Å². The number of halogens is 1. The Morgan fingerprint density at radius 3 is 2.24 bits per heavy atom. The molecule has 134 valence electrons. The summed E-state index contributed by atoms with van der Waals surface area (Å²) in [5, 5.41) is 0. The molecule has 2 heterocycles. The minimum Gasteiger partial charge on any atom is -0.419 e. The zero-order valence-electron chi connectivity index (χ0n) is 14.5. The van der Waals surface area contributed by atoms with Crippen molar-refractivity contribution >= 4 is 23.7 Å². The van der Waals surface area contributed by atoms with E-state index in [9.17, 15) is 14.0 Å². The van der Waals surface area contributed by atoms with Crippen LogP contribution in [0.4, 0.5) is 10.1 Å². The summed E-state index contributed by atoms with van der Waals surface area (Å²) in [6.45, 7) is 6.41. The summed E-state index contributed by atoms with van der Waals surface area (Å²) >= 11 is 0. The zero-order chi connectivity index (χ0) is 18.2. The number of anilines is 1. The van der Waals surface area contributed by atoms with E-state index in [1.165, 1.54) is 26.0 Å². The van der Waals surface area contributed by atoms with E-state index in [2.05, 4.69) is 16.8 Å². The second-order valence-corrected chi connectivity index (χ2v) is 6.73. The first-order valence-corrected chi connectivity index (χ1v) is 8.16. The molecule has 2 fully saturated rings. The Balaban J connectivity index is 1.82. The van der Waals surface area contributed by atoms with Gasteiger partial charge in [0.2, 0.25) is 0 Å². The standard InChI is InChI=1S/C18H21FN2O4/c1-18(2)24-16(22)14(17(23)25-18)10-12-4-5-13(11-15(12)19)21-8-6-20(3)7-9-21/h4-5,10-11H,6-9H2,1-3H3. The molecule has 2 saturated heterocycles. The fraction of sp³-hybridized carbons (Fsp3) is 0.444. The highest BCUT2D eigenvalue weighted by Gasteiger charge is 2.39. The number of cyclic esters (lactones) is 2. The molecule has 0 aliphatic carbocycles. The van der Waals surface area contributed by atoms with Crippen molar-refractivity contribution in [2.24, 2.45) is 0 Å². The van der Waals surface area contributed by atoms with Crippen molar-refractivity contribution in [3.05, 3.63) is 35.2 Å². The molecule has 0 spiro atoms. The van der Waals surface area contributed by atoms with Gasteiger partial charge in [0.25, 0.3) is 5.79 Å². The number of nitrogens with zero attached hydrogens (tertiary/aromatic N) is 2. The molecular weight excluding hydrogens is 327 g/mol. The van der Waals surface area contributed by atoms with Crippen molar-refractivity contribution in [1.82, 2.24) is 4.90 Å². The molecule has 2 aliphatic heterocycles. The summed E-state index contributed by atoms with van der Waals surface area (Å²) in [6, 6.07) is 4.75. The molecule has 0 radical (unpaired) electrons. The second kappa shape index (κ2) is 6.48. The fourth-order valence-corrected chi connectivity index (χ4v) is 2.83. The van der Waals surface area contributed by atoms with Crippen LogP contribution in [-0.2, 0) is 19.1 Å².